The SMILES string of the molecule is c1ccc2cc3cc4c(cc3cc2c1)c1cc2c3cc5cc6ccccc6cc5cc3c2cc41. The van der Waals surface area contributed by atoms with Gasteiger partial charge >= 0.3 is 0 Å². The maximum atomic E-state index is 2.43. The number of fused-ring (bicyclic) bond motifs is 12. The molecule has 0 unspecified atom stereocenters. The van der Waals surface area contributed by atoms with Gasteiger partial charge in [0.1, 0.15) is 0 Å². The Balaban J connectivity index is 1.33. The fourth-order valence-corrected chi connectivity index (χ4v) is 6.24. The van der Waals surface area contributed by atoms with Gasteiger partial charge in [-0.3, -0.25) is 0 Å². The summed E-state index contributed by atoms with van der Waals surface area (Å²) in [5, 5.41) is 21.7. The molecule has 0 nitrogen and oxygen atoms in total. The first-order valence-electron chi connectivity index (χ1n) is 11.9. The van der Waals surface area contributed by atoms with E-state index >= 15 is 0 Å². The molecule has 0 amide bonds. The molecule has 154 valence electrons. The summed E-state index contributed by atoms with van der Waals surface area (Å²) in [5.74, 6) is 0. The largest absolute Gasteiger partial charge is 0.0616 e. The van der Waals surface area contributed by atoms with E-state index in [1.165, 1.54) is 86.2 Å². The molecule has 0 heteroatoms. The zero-order valence-electron chi connectivity index (χ0n) is 18.4. The molecule has 9 aromatic carbocycles. The molecule has 0 aliphatic carbocycles. The summed E-state index contributed by atoms with van der Waals surface area (Å²) in [4.78, 5) is 0. The molecule has 9 rings (SSSR count). The minimum absolute atomic E-state index is 1.31. The van der Waals surface area contributed by atoms with Crippen LogP contribution in [0.5, 0.6) is 0 Å². The fraction of sp³-hybridized carbons (Fsp3) is 0. The van der Waals surface area contributed by atoms with Crippen LogP contribution in [0.1, 0.15) is 0 Å². The Morgan fingerprint density at radius 1 is 0.206 bits per heavy atom. The topological polar surface area (TPSA) is 0 Å². The number of benzene rings is 7. The lowest BCUT2D eigenvalue weighted by Crippen LogP contribution is -1.91. The van der Waals surface area contributed by atoms with Crippen LogP contribution < -0.4 is 0 Å². The first kappa shape index (κ1) is 17.1. The lowest BCUT2D eigenvalue weighted by Gasteiger charge is -2.19. The minimum Gasteiger partial charge on any atom is -0.0616 e. The van der Waals surface area contributed by atoms with Crippen LogP contribution in [0.25, 0.3) is 86.2 Å². The van der Waals surface area contributed by atoms with E-state index in [-0.39, 0.29) is 0 Å². The second kappa shape index (κ2) is 5.73. The molecule has 0 atom stereocenters. The van der Waals surface area contributed by atoms with E-state index < -0.39 is 0 Å². The van der Waals surface area contributed by atoms with Crippen molar-refractivity contribution in [3.8, 4) is 0 Å². The maximum absolute atomic E-state index is 2.43. The van der Waals surface area contributed by atoms with Crippen LogP contribution in [0, 0.1) is 0 Å². The van der Waals surface area contributed by atoms with Gasteiger partial charge in [-0.1, -0.05) is 48.5 Å². The molecule has 0 bridgehead atoms. The molecule has 0 aliphatic rings. The van der Waals surface area contributed by atoms with Gasteiger partial charge in [-0.2, -0.15) is 0 Å². The molecule has 0 aliphatic heterocycles. The van der Waals surface area contributed by atoms with Crippen LogP contribution in [-0.4, -0.2) is 0 Å². The molecule has 0 radical (unpaired) electrons. The normalized spacial score (nSPS) is 12.7. The average Bonchev–Trinajstić information content (AvgIpc) is 2.87. The Morgan fingerprint density at radius 2 is 0.441 bits per heavy atom. The second-order valence-electron chi connectivity index (χ2n) is 9.83. The van der Waals surface area contributed by atoms with Crippen molar-refractivity contribution in [1.29, 1.82) is 0 Å². The highest BCUT2D eigenvalue weighted by atomic mass is 14.2. The van der Waals surface area contributed by atoms with Gasteiger partial charge in [-0.25, -0.2) is 0 Å². The first-order valence-corrected chi connectivity index (χ1v) is 11.9. The Labute approximate surface area is 195 Å². The predicted octanol–water partition coefficient (Wildman–Crippen LogP) is 9.79. The molecular formula is C34H18. The van der Waals surface area contributed by atoms with Crippen LogP contribution in [0.3, 0.4) is 0 Å². The number of rotatable bonds is 0. The summed E-state index contributed by atoms with van der Waals surface area (Å²) in [6.07, 6.45) is 0. The molecule has 0 spiro atoms. The molecule has 0 saturated heterocycles. The summed E-state index contributed by atoms with van der Waals surface area (Å²) in [6, 6.07) is 41.0. The van der Waals surface area contributed by atoms with Gasteiger partial charge in [0.2, 0.25) is 0 Å². The van der Waals surface area contributed by atoms with Crippen molar-refractivity contribution in [2.75, 3.05) is 0 Å². The number of hydrogen-bond acceptors (Lipinski definition) is 0. The van der Waals surface area contributed by atoms with E-state index in [4.69, 9.17) is 0 Å². The van der Waals surface area contributed by atoms with E-state index in [0.717, 1.165) is 0 Å². The molecule has 9 aromatic rings. The molecule has 0 saturated carbocycles. The van der Waals surface area contributed by atoms with E-state index in [0.29, 0.717) is 0 Å². The van der Waals surface area contributed by atoms with Crippen LogP contribution in [0.2, 0.25) is 0 Å². The molecule has 0 aromatic heterocycles. The van der Waals surface area contributed by atoms with Crippen LogP contribution >= 0.6 is 0 Å². The van der Waals surface area contributed by atoms with Crippen LogP contribution in [0.4, 0.5) is 0 Å². The van der Waals surface area contributed by atoms with Gasteiger partial charge in [-0.05, 0) is 147 Å². The Hall–Kier alpha value is -4.42. The monoisotopic (exact) mass is 426 g/mol. The van der Waals surface area contributed by atoms with Crippen molar-refractivity contribution in [2.24, 2.45) is 0 Å². The number of hydrogen-bond donors (Lipinski definition) is 0. The van der Waals surface area contributed by atoms with Crippen molar-refractivity contribution >= 4 is 86.2 Å². The highest BCUT2D eigenvalue weighted by Crippen LogP contribution is 2.46. The summed E-state index contributed by atoms with van der Waals surface area (Å²) < 4.78 is 0. The molecular weight excluding hydrogens is 408 g/mol. The molecule has 0 N–H and O–H groups in total. The Kier molecular flexibility index (Phi) is 2.88. The summed E-state index contributed by atoms with van der Waals surface area (Å²) in [7, 11) is 0. The van der Waals surface area contributed by atoms with Gasteiger partial charge < -0.3 is 0 Å². The molecule has 34 heavy (non-hydrogen) atoms. The Morgan fingerprint density at radius 3 is 0.706 bits per heavy atom. The van der Waals surface area contributed by atoms with Gasteiger partial charge in [0.05, 0.1) is 0 Å². The van der Waals surface area contributed by atoms with E-state index in [1.54, 1.807) is 0 Å². The minimum atomic E-state index is 1.31. The fourth-order valence-electron chi connectivity index (χ4n) is 6.24. The molecule has 0 heterocycles. The third-order valence-corrected chi connectivity index (χ3v) is 8.00. The van der Waals surface area contributed by atoms with Crippen LogP contribution in [0.15, 0.2) is 109 Å². The first-order chi connectivity index (χ1) is 16.8. The van der Waals surface area contributed by atoms with Crippen molar-refractivity contribution in [3.05, 3.63) is 109 Å². The smallest absolute Gasteiger partial charge is 0.00921 e. The van der Waals surface area contributed by atoms with E-state index in [2.05, 4.69) is 109 Å². The van der Waals surface area contributed by atoms with Crippen molar-refractivity contribution in [3.63, 3.8) is 0 Å². The van der Waals surface area contributed by atoms with Gasteiger partial charge in [0.15, 0.2) is 0 Å². The Bertz CT molecular complexity index is 1950. The quantitative estimate of drug-likeness (QED) is 0.212. The predicted molar refractivity (Wildman–Crippen MR) is 149 cm³/mol. The second-order valence-corrected chi connectivity index (χ2v) is 9.83. The zero-order valence-corrected chi connectivity index (χ0v) is 18.4. The average molecular weight is 427 g/mol. The standard InChI is InChI=1S/C34H18/c1-2-6-20-10-24-14-28-27(13-23(24)9-19(20)5-1)31-17-33-29-15-25-11-21-7-3-4-8-22(21)12-26(25)16-30(29)34(33)18-32(28)31/h1-18H. The van der Waals surface area contributed by atoms with E-state index in [1.807, 2.05) is 0 Å². The van der Waals surface area contributed by atoms with Crippen molar-refractivity contribution in [1.82, 2.24) is 0 Å². The zero-order chi connectivity index (χ0) is 22.0. The molecule has 0 fully saturated rings. The van der Waals surface area contributed by atoms with Gasteiger partial charge in [0, 0.05) is 0 Å². The van der Waals surface area contributed by atoms with Crippen LogP contribution in [-0.2, 0) is 0 Å². The third kappa shape index (κ3) is 2.05. The van der Waals surface area contributed by atoms with Gasteiger partial charge in [0.25, 0.3) is 0 Å². The summed E-state index contributed by atoms with van der Waals surface area (Å²) in [6.45, 7) is 0. The van der Waals surface area contributed by atoms with Gasteiger partial charge in [-0.15, -0.1) is 0 Å². The third-order valence-electron chi connectivity index (χ3n) is 8.00. The summed E-state index contributed by atoms with van der Waals surface area (Å²) in [5.41, 5.74) is 0. The lowest BCUT2D eigenvalue weighted by molar-refractivity contribution is 1.79. The highest BCUT2D eigenvalue weighted by Gasteiger charge is 2.18. The lowest BCUT2D eigenvalue weighted by atomic mass is 9.84. The summed E-state index contributed by atoms with van der Waals surface area (Å²) >= 11 is 0. The van der Waals surface area contributed by atoms with Crippen molar-refractivity contribution in [2.45, 2.75) is 0 Å². The van der Waals surface area contributed by atoms with E-state index in [9.17, 15) is 0 Å². The van der Waals surface area contributed by atoms with Crippen molar-refractivity contribution < 1.29 is 0 Å². The highest BCUT2D eigenvalue weighted by molar-refractivity contribution is 6.37. The maximum Gasteiger partial charge on any atom is -0.00921 e.